The third-order valence-corrected chi connectivity index (χ3v) is 3.31. The molecule has 0 spiro atoms. The first-order valence-corrected chi connectivity index (χ1v) is 6.14. The third-order valence-electron chi connectivity index (χ3n) is 2.91. The van der Waals surface area contributed by atoms with Gasteiger partial charge in [-0.2, -0.15) is 13.2 Å². The fraction of sp³-hybridized carbons (Fsp3) is 0.214. The second kappa shape index (κ2) is 5.42. The van der Waals surface area contributed by atoms with Crippen molar-refractivity contribution in [2.24, 2.45) is 0 Å². The van der Waals surface area contributed by atoms with Gasteiger partial charge in [0, 0.05) is 11.2 Å². The first kappa shape index (κ1) is 14.8. The molecule has 1 unspecified atom stereocenters. The minimum atomic E-state index is -4.44. The van der Waals surface area contributed by atoms with Crippen molar-refractivity contribution in [2.45, 2.75) is 19.2 Å². The Bertz CT molecular complexity index is 611. The highest BCUT2D eigenvalue weighted by atomic mass is 35.5. The fourth-order valence-corrected chi connectivity index (χ4v) is 1.87. The van der Waals surface area contributed by atoms with Gasteiger partial charge in [0.2, 0.25) is 0 Å². The Hall–Kier alpha value is -1.59. The van der Waals surface area contributed by atoms with Crippen LogP contribution >= 0.6 is 11.6 Å². The number of hydrogen-bond acceptors (Lipinski definition) is 2. The number of benzene rings is 1. The number of alkyl halides is 3. The molecule has 0 radical (unpaired) electrons. The molecule has 2 nitrogen and oxygen atoms in total. The molecule has 0 saturated carbocycles. The smallest absolute Gasteiger partial charge is 0.382 e. The summed E-state index contributed by atoms with van der Waals surface area (Å²) in [4.78, 5) is 3.66. The maximum atomic E-state index is 12.4. The fourth-order valence-electron chi connectivity index (χ4n) is 1.68. The van der Waals surface area contributed by atoms with E-state index in [0.29, 0.717) is 16.8 Å². The van der Waals surface area contributed by atoms with Crippen molar-refractivity contribution < 1.29 is 18.3 Å². The number of aromatic nitrogens is 1. The van der Waals surface area contributed by atoms with Crippen LogP contribution in [0, 0.1) is 6.92 Å². The summed E-state index contributed by atoms with van der Waals surface area (Å²) in [7, 11) is 0. The molecule has 6 heteroatoms. The summed E-state index contributed by atoms with van der Waals surface area (Å²) in [6, 6.07) is 7.00. The van der Waals surface area contributed by atoms with E-state index < -0.39 is 17.8 Å². The average molecular weight is 302 g/mol. The molecule has 1 heterocycles. The second-order valence-electron chi connectivity index (χ2n) is 4.38. The molecule has 0 aliphatic rings. The molecular formula is C14H11ClF3NO. The zero-order chi connectivity index (χ0) is 14.9. The van der Waals surface area contributed by atoms with Crippen molar-refractivity contribution in [3.8, 4) is 0 Å². The monoisotopic (exact) mass is 301 g/mol. The first-order chi connectivity index (χ1) is 9.29. The highest BCUT2D eigenvalue weighted by molar-refractivity contribution is 6.31. The van der Waals surface area contributed by atoms with E-state index in [2.05, 4.69) is 4.98 Å². The van der Waals surface area contributed by atoms with Gasteiger partial charge in [-0.15, -0.1) is 0 Å². The SMILES string of the molecule is Cc1ccc(C(O)c2ccc(C(F)(F)F)cn2)cc1Cl. The van der Waals surface area contributed by atoms with Gasteiger partial charge in [-0.25, -0.2) is 0 Å². The predicted octanol–water partition coefficient (Wildman–Crippen LogP) is 4.14. The molecule has 2 rings (SSSR count). The number of aryl methyl sites for hydroxylation is 1. The third kappa shape index (κ3) is 3.11. The van der Waals surface area contributed by atoms with E-state index in [-0.39, 0.29) is 5.69 Å². The summed E-state index contributed by atoms with van der Waals surface area (Å²) >= 11 is 5.95. The van der Waals surface area contributed by atoms with E-state index in [1.165, 1.54) is 0 Å². The molecule has 20 heavy (non-hydrogen) atoms. The van der Waals surface area contributed by atoms with E-state index in [1.807, 2.05) is 6.92 Å². The molecular weight excluding hydrogens is 291 g/mol. The molecule has 0 fully saturated rings. The zero-order valence-electron chi connectivity index (χ0n) is 10.4. The quantitative estimate of drug-likeness (QED) is 0.904. The van der Waals surface area contributed by atoms with Gasteiger partial charge in [0.1, 0.15) is 6.10 Å². The molecule has 0 aliphatic heterocycles. The lowest BCUT2D eigenvalue weighted by Crippen LogP contribution is -2.08. The molecule has 106 valence electrons. The number of halogens is 4. The van der Waals surface area contributed by atoms with Gasteiger partial charge in [0.25, 0.3) is 0 Å². The Balaban J connectivity index is 2.29. The maximum absolute atomic E-state index is 12.4. The van der Waals surface area contributed by atoms with E-state index in [9.17, 15) is 18.3 Å². The van der Waals surface area contributed by atoms with Crippen LogP contribution < -0.4 is 0 Å². The summed E-state index contributed by atoms with van der Waals surface area (Å²) < 4.78 is 37.3. The van der Waals surface area contributed by atoms with E-state index in [0.717, 1.165) is 17.7 Å². The van der Waals surface area contributed by atoms with Crippen molar-refractivity contribution in [3.63, 3.8) is 0 Å². The zero-order valence-corrected chi connectivity index (χ0v) is 11.2. The van der Waals surface area contributed by atoms with Crippen LogP contribution in [-0.4, -0.2) is 10.1 Å². The van der Waals surface area contributed by atoms with Gasteiger partial charge in [0.15, 0.2) is 0 Å². The number of aliphatic hydroxyl groups is 1. The van der Waals surface area contributed by atoms with Crippen molar-refractivity contribution in [1.29, 1.82) is 0 Å². The summed E-state index contributed by atoms with van der Waals surface area (Å²) in [5, 5.41) is 10.6. The van der Waals surface area contributed by atoms with E-state index in [1.54, 1.807) is 18.2 Å². The first-order valence-electron chi connectivity index (χ1n) is 5.76. The van der Waals surface area contributed by atoms with Gasteiger partial charge in [0.05, 0.1) is 11.3 Å². The molecule has 1 aromatic heterocycles. The van der Waals surface area contributed by atoms with Gasteiger partial charge in [-0.05, 0) is 36.2 Å². The maximum Gasteiger partial charge on any atom is 0.417 e. The largest absolute Gasteiger partial charge is 0.417 e. The summed E-state index contributed by atoms with van der Waals surface area (Å²) in [6.45, 7) is 1.81. The Labute approximate surface area is 118 Å². The van der Waals surface area contributed by atoms with Crippen LogP contribution in [0.3, 0.4) is 0 Å². The minimum Gasteiger partial charge on any atom is -0.382 e. The Morgan fingerprint density at radius 2 is 1.90 bits per heavy atom. The van der Waals surface area contributed by atoms with E-state index >= 15 is 0 Å². The summed E-state index contributed by atoms with van der Waals surface area (Å²) in [5.74, 6) is 0. The molecule has 0 aliphatic carbocycles. The Kier molecular flexibility index (Phi) is 4.01. The van der Waals surface area contributed by atoms with E-state index in [4.69, 9.17) is 11.6 Å². The average Bonchev–Trinajstić information content (AvgIpc) is 2.40. The van der Waals surface area contributed by atoms with Crippen LogP contribution in [0.4, 0.5) is 13.2 Å². The number of pyridine rings is 1. The minimum absolute atomic E-state index is 0.137. The highest BCUT2D eigenvalue weighted by Gasteiger charge is 2.31. The highest BCUT2D eigenvalue weighted by Crippen LogP contribution is 2.30. The number of rotatable bonds is 2. The topological polar surface area (TPSA) is 33.1 Å². The molecule has 1 aromatic carbocycles. The van der Waals surface area contributed by atoms with Crippen LogP contribution in [0.2, 0.25) is 5.02 Å². The van der Waals surface area contributed by atoms with Crippen LogP contribution in [0.15, 0.2) is 36.5 Å². The normalized spacial score (nSPS) is 13.3. The Morgan fingerprint density at radius 3 is 2.40 bits per heavy atom. The number of nitrogens with zero attached hydrogens (tertiary/aromatic N) is 1. The van der Waals surface area contributed by atoms with Crippen molar-refractivity contribution in [2.75, 3.05) is 0 Å². The van der Waals surface area contributed by atoms with Gasteiger partial charge >= 0.3 is 6.18 Å². The van der Waals surface area contributed by atoms with Crippen molar-refractivity contribution >= 4 is 11.6 Å². The molecule has 1 atom stereocenters. The molecule has 0 bridgehead atoms. The standard InChI is InChI=1S/C14H11ClF3NO/c1-8-2-3-9(6-11(8)15)13(20)12-5-4-10(7-19-12)14(16,17)18/h2-7,13,20H,1H3. The molecule has 2 aromatic rings. The second-order valence-corrected chi connectivity index (χ2v) is 4.79. The lowest BCUT2D eigenvalue weighted by molar-refractivity contribution is -0.137. The summed E-state index contributed by atoms with van der Waals surface area (Å²) in [6.07, 6.45) is -4.85. The van der Waals surface area contributed by atoms with Gasteiger partial charge < -0.3 is 5.11 Å². The van der Waals surface area contributed by atoms with Gasteiger partial charge in [-0.3, -0.25) is 4.98 Å². The lowest BCUT2D eigenvalue weighted by atomic mass is 10.0. The van der Waals surface area contributed by atoms with Crippen molar-refractivity contribution in [3.05, 3.63) is 63.9 Å². The molecule has 0 amide bonds. The Morgan fingerprint density at radius 1 is 1.20 bits per heavy atom. The summed E-state index contributed by atoms with van der Waals surface area (Å²) in [5.41, 5.74) is 0.615. The number of hydrogen-bond donors (Lipinski definition) is 1. The van der Waals surface area contributed by atoms with Crippen LogP contribution in [0.1, 0.15) is 28.5 Å². The van der Waals surface area contributed by atoms with Crippen LogP contribution in [0.25, 0.3) is 0 Å². The number of aliphatic hydroxyl groups excluding tert-OH is 1. The van der Waals surface area contributed by atoms with Gasteiger partial charge in [-0.1, -0.05) is 23.7 Å². The van der Waals surface area contributed by atoms with Crippen LogP contribution in [-0.2, 0) is 6.18 Å². The van der Waals surface area contributed by atoms with Crippen LogP contribution in [0.5, 0.6) is 0 Å². The molecule has 1 N–H and O–H groups in total. The lowest BCUT2D eigenvalue weighted by Gasteiger charge is -2.13. The molecule has 0 saturated heterocycles. The predicted molar refractivity (Wildman–Crippen MR) is 69.5 cm³/mol. The van der Waals surface area contributed by atoms with Crippen molar-refractivity contribution in [1.82, 2.24) is 4.98 Å².